The molecule has 0 spiro atoms. The zero-order valence-corrected chi connectivity index (χ0v) is 16.5. The fourth-order valence-electron chi connectivity index (χ4n) is 2.53. The van der Waals surface area contributed by atoms with Gasteiger partial charge in [-0.1, -0.05) is 30.1 Å². The Morgan fingerprint density at radius 3 is 2.78 bits per heavy atom. The van der Waals surface area contributed by atoms with Gasteiger partial charge in [-0.15, -0.1) is 0 Å². The van der Waals surface area contributed by atoms with E-state index < -0.39 is 15.9 Å². The van der Waals surface area contributed by atoms with E-state index in [4.69, 9.17) is 23.2 Å². The minimum absolute atomic E-state index is 0.0239. The number of hydrogen-bond donors (Lipinski definition) is 3. The zero-order valence-electron chi connectivity index (χ0n) is 14.2. The highest BCUT2D eigenvalue weighted by Crippen LogP contribution is 2.33. The molecule has 0 bridgehead atoms. The molecule has 3 aromatic rings. The number of nitrogens with one attached hydrogen (secondary N) is 3. The van der Waals surface area contributed by atoms with E-state index in [1.807, 2.05) is 6.07 Å². The summed E-state index contributed by atoms with van der Waals surface area (Å²) in [5.74, 6) is -0.631. The van der Waals surface area contributed by atoms with E-state index in [0.717, 1.165) is 5.39 Å². The number of sulfonamides is 1. The van der Waals surface area contributed by atoms with Crippen molar-refractivity contribution in [2.45, 2.75) is 13.3 Å². The van der Waals surface area contributed by atoms with Crippen molar-refractivity contribution in [2.75, 3.05) is 15.8 Å². The first-order chi connectivity index (χ1) is 12.8. The van der Waals surface area contributed by atoms with Crippen molar-refractivity contribution < 1.29 is 13.2 Å². The first-order valence-electron chi connectivity index (χ1n) is 8.03. The Morgan fingerprint density at radius 2 is 2.04 bits per heavy atom. The Balaban J connectivity index is 1.90. The summed E-state index contributed by atoms with van der Waals surface area (Å²) in [5.41, 5.74) is 1.22. The van der Waals surface area contributed by atoms with Crippen molar-refractivity contribution in [3.8, 4) is 0 Å². The number of aromatic nitrogens is 2. The van der Waals surface area contributed by atoms with Crippen molar-refractivity contribution in [2.24, 2.45) is 0 Å². The van der Waals surface area contributed by atoms with Crippen LogP contribution in [0.3, 0.4) is 0 Å². The monoisotopic (exact) mass is 426 g/mol. The maximum absolute atomic E-state index is 12.7. The molecular weight excluding hydrogens is 411 g/mol. The number of hydrogen-bond acceptors (Lipinski definition) is 4. The number of rotatable bonds is 6. The third-order valence-electron chi connectivity index (χ3n) is 3.71. The number of aromatic amines is 1. The molecule has 27 heavy (non-hydrogen) atoms. The van der Waals surface area contributed by atoms with Crippen molar-refractivity contribution >= 4 is 61.5 Å². The maximum Gasteiger partial charge on any atom is 0.258 e. The predicted molar refractivity (Wildman–Crippen MR) is 108 cm³/mol. The Bertz CT molecular complexity index is 1110. The molecule has 0 saturated carbocycles. The highest BCUT2D eigenvalue weighted by Gasteiger charge is 2.21. The quantitative estimate of drug-likeness (QED) is 0.546. The van der Waals surface area contributed by atoms with Crippen LogP contribution in [-0.4, -0.2) is 30.0 Å². The molecule has 0 radical (unpaired) electrons. The number of halogens is 2. The molecule has 2 aromatic heterocycles. The van der Waals surface area contributed by atoms with Gasteiger partial charge < -0.3 is 10.3 Å². The molecule has 3 N–H and O–H groups in total. The average Bonchev–Trinajstić information content (AvgIpc) is 3.05. The lowest BCUT2D eigenvalue weighted by molar-refractivity contribution is 0.102. The van der Waals surface area contributed by atoms with Gasteiger partial charge in [0.05, 0.1) is 38.9 Å². The molecule has 142 valence electrons. The highest BCUT2D eigenvalue weighted by atomic mass is 35.5. The lowest BCUT2D eigenvalue weighted by Crippen LogP contribution is -2.18. The Morgan fingerprint density at radius 1 is 1.26 bits per heavy atom. The number of pyridine rings is 1. The van der Waals surface area contributed by atoms with Gasteiger partial charge in [-0.25, -0.2) is 13.4 Å². The summed E-state index contributed by atoms with van der Waals surface area (Å²) >= 11 is 12.4. The minimum Gasteiger partial charge on any atom is -0.346 e. The predicted octanol–water partition coefficient (Wildman–Crippen LogP) is 4.27. The fourth-order valence-corrected chi connectivity index (χ4v) is 4.32. The minimum atomic E-state index is -3.56. The number of fused-ring (bicyclic) bond motifs is 1. The molecule has 0 fully saturated rings. The molecule has 0 aliphatic heterocycles. The van der Waals surface area contributed by atoms with Gasteiger partial charge in [-0.05, 0) is 30.7 Å². The zero-order chi connectivity index (χ0) is 19.6. The van der Waals surface area contributed by atoms with Gasteiger partial charge in [0.25, 0.3) is 5.91 Å². The van der Waals surface area contributed by atoms with Crippen molar-refractivity contribution in [3.63, 3.8) is 0 Å². The third-order valence-corrected chi connectivity index (χ3v) is 5.90. The summed E-state index contributed by atoms with van der Waals surface area (Å²) in [6, 6.07) is 6.40. The summed E-state index contributed by atoms with van der Waals surface area (Å²) < 4.78 is 26.4. The van der Waals surface area contributed by atoms with E-state index in [9.17, 15) is 13.2 Å². The summed E-state index contributed by atoms with van der Waals surface area (Å²) in [4.78, 5) is 19.8. The van der Waals surface area contributed by atoms with Crippen molar-refractivity contribution in [1.82, 2.24) is 9.97 Å². The van der Waals surface area contributed by atoms with E-state index in [2.05, 4.69) is 20.0 Å². The number of amides is 1. The molecular formula is C17H16Cl2N4O3S. The first kappa shape index (κ1) is 19.5. The van der Waals surface area contributed by atoms with Crippen molar-refractivity contribution in [3.05, 3.63) is 52.3 Å². The number of carbonyl (C=O) groups is 1. The highest BCUT2D eigenvalue weighted by molar-refractivity contribution is 7.92. The van der Waals surface area contributed by atoms with Gasteiger partial charge in [0.2, 0.25) is 10.0 Å². The van der Waals surface area contributed by atoms with Crippen LogP contribution >= 0.6 is 23.2 Å². The largest absolute Gasteiger partial charge is 0.346 e. The molecule has 3 rings (SSSR count). The number of anilines is 2. The van der Waals surface area contributed by atoms with Crippen LogP contribution in [-0.2, 0) is 10.0 Å². The molecule has 2 heterocycles. The van der Waals surface area contributed by atoms with Crippen LogP contribution in [0.25, 0.3) is 11.0 Å². The normalized spacial score (nSPS) is 11.5. The van der Waals surface area contributed by atoms with E-state index in [0.29, 0.717) is 17.8 Å². The standard InChI is InChI=1S/C17H16Cl2N4O3S/c1-2-7-27(25,26)23-13-4-3-12(18)14(15(13)19)17(24)22-11-8-10-5-6-20-16(10)21-9-11/h3-6,8-9,23H,2,7H2,1H3,(H,20,21)(H,22,24). The second kappa shape index (κ2) is 7.75. The van der Waals surface area contributed by atoms with Gasteiger partial charge in [0, 0.05) is 11.6 Å². The second-order valence-corrected chi connectivity index (χ2v) is 8.43. The molecule has 0 unspecified atom stereocenters. The van der Waals surface area contributed by atoms with Gasteiger partial charge >= 0.3 is 0 Å². The molecule has 0 atom stereocenters. The van der Waals surface area contributed by atoms with Crippen LogP contribution in [0.5, 0.6) is 0 Å². The fraction of sp³-hybridized carbons (Fsp3) is 0.176. The lowest BCUT2D eigenvalue weighted by atomic mass is 10.1. The first-order valence-corrected chi connectivity index (χ1v) is 10.4. The third kappa shape index (κ3) is 4.35. The summed E-state index contributed by atoms with van der Waals surface area (Å²) in [7, 11) is -3.56. The second-order valence-electron chi connectivity index (χ2n) is 5.80. The molecule has 1 aromatic carbocycles. The number of benzene rings is 1. The van der Waals surface area contributed by atoms with Crippen LogP contribution in [0, 0.1) is 0 Å². The Hall–Kier alpha value is -2.29. The summed E-state index contributed by atoms with van der Waals surface area (Å²) in [6.07, 6.45) is 3.68. The molecule has 0 aliphatic carbocycles. The topological polar surface area (TPSA) is 104 Å². The van der Waals surface area contributed by atoms with Gasteiger partial charge in [0.1, 0.15) is 5.65 Å². The van der Waals surface area contributed by atoms with Gasteiger partial charge in [-0.2, -0.15) is 0 Å². The summed E-state index contributed by atoms with van der Waals surface area (Å²) in [6.45, 7) is 1.75. The van der Waals surface area contributed by atoms with Crippen LogP contribution in [0.2, 0.25) is 10.0 Å². The Kier molecular flexibility index (Phi) is 5.59. The van der Waals surface area contributed by atoms with Gasteiger partial charge in [0.15, 0.2) is 0 Å². The maximum atomic E-state index is 12.7. The molecule has 0 saturated heterocycles. The molecule has 7 nitrogen and oxygen atoms in total. The van der Waals surface area contributed by atoms with Crippen LogP contribution in [0.1, 0.15) is 23.7 Å². The smallest absolute Gasteiger partial charge is 0.258 e. The molecule has 10 heteroatoms. The van der Waals surface area contributed by atoms with E-state index in [1.165, 1.54) is 18.3 Å². The van der Waals surface area contributed by atoms with E-state index in [1.54, 1.807) is 19.2 Å². The lowest BCUT2D eigenvalue weighted by Gasteiger charge is -2.13. The summed E-state index contributed by atoms with van der Waals surface area (Å²) in [5, 5.41) is 3.53. The number of carbonyl (C=O) groups excluding carboxylic acids is 1. The molecule has 1 amide bonds. The SMILES string of the molecule is CCCS(=O)(=O)Nc1ccc(Cl)c(C(=O)Nc2cnc3[nH]ccc3c2)c1Cl. The van der Waals surface area contributed by atoms with Gasteiger partial charge in [-0.3, -0.25) is 9.52 Å². The number of nitrogens with zero attached hydrogens (tertiary/aromatic N) is 1. The van der Waals surface area contributed by atoms with Crippen molar-refractivity contribution in [1.29, 1.82) is 0 Å². The number of H-pyrrole nitrogens is 1. The van der Waals surface area contributed by atoms with Crippen LogP contribution < -0.4 is 10.0 Å². The van der Waals surface area contributed by atoms with E-state index >= 15 is 0 Å². The van der Waals surface area contributed by atoms with Crippen LogP contribution in [0.4, 0.5) is 11.4 Å². The Labute approximate surface area is 166 Å². The molecule has 0 aliphatic rings. The van der Waals surface area contributed by atoms with E-state index in [-0.39, 0.29) is 27.0 Å². The van der Waals surface area contributed by atoms with Crippen LogP contribution in [0.15, 0.2) is 36.7 Å². The average molecular weight is 427 g/mol.